The van der Waals surface area contributed by atoms with E-state index in [1.807, 2.05) is 11.9 Å². The molecule has 1 amide bonds. The predicted octanol–water partition coefficient (Wildman–Crippen LogP) is 1.26. The van der Waals surface area contributed by atoms with Gasteiger partial charge in [0, 0.05) is 37.8 Å². The van der Waals surface area contributed by atoms with Gasteiger partial charge in [-0.15, -0.1) is 12.4 Å². The lowest BCUT2D eigenvalue weighted by molar-refractivity contribution is 0.0706. The molecule has 2 heterocycles. The lowest BCUT2D eigenvalue weighted by Crippen LogP contribution is -2.44. The molecule has 9 heteroatoms. The summed E-state index contributed by atoms with van der Waals surface area (Å²) >= 11 is 0. The van der Waals surface area contributed by atoms with Crippen LogP contribution in [0.5, 0.6) is 0 Å². The number of carbonyl (C=O) groups excluding carboxylic acids is 1. The highest BCUT2D eigenvalue weighted by molar-refractivity contribution is 7.89. The molecule has 0 saturated carbocycles. The molecule has 1 aromatic rings. The maximum absolute atomic E-state index is 13.0. The molecule has 2 fully saturated rings. The second-order valence-corrected chi connectivity index (χ2v) is 8.76. The van der Waals surface area contributed by atoms with Crippen molar-refractivity contribution in [3.63, 3.8) is 0 Å². The van der Waals surface area contributed by atoms with Crippen LogP contribution in [0.15, 0.2) is 23.1 Å². The third-order valence-corrected chi connectivity index (χ3v) is 7.25. The SMILES string of the molecule is CNC1CCN(C(=O)c2ccc(C)c(S(=O)(=O)N3CCOCC3)c2)CC1.Cl. The second kappa shape index (κ2) is 9.34. The molecule has 0 unspecified atom stereocenters. The molecule has 0 atom stereocenters. The highest BCUT2D eigenvalue weighted by Crippen LogP contribution is 2.23. The maximum atomic E-state index is 13.0. The van der Waals surface area contributed by atoms with E-state index in [1.165, 1.54) is 10.4 Å². The molecule has 152 valence electrons. The number of morpholine rings is 1. The molecule has 2 aliphatic rings. The van der Waals surface area contributed by atoms with Gasteiger partial charge in [-0.25, -0.2) is 8.42 Å². The molecule has 7 nitrogen and oxygen atoms in total. The van der Waals surface area contributed by atoms with Crippen molar-refractivity contribution in [2.45, 2.75) is 30.7 Å². The van der Waals surface area contributed by atoms with E-state index in [4.69, 9.17) is 4.74 Å². The number of benzene rings is 1. The van der Waals surface area contributed by atoms with Gasteiger partial charge in [-0.2, -0.15) is 4.31 Å². The van der Waals surface area contributed by atoms with Crippen LogP contribution < -0.4 is 5.32 Å². The summed E-state index contributed by atoms with van der Waals surface area (Å²) in [5, 5.41) is 3.24. The van der Waals surface area contributed by atoms with E-state index >= 15 is 0 Å². The normalized spacial score (nSPS) is 19.6. The zero-order valence-electron chi connectivity index (χ0n) is 15.8. The van der Waals surface area contributed by atoms with Gasteiger partial charge >= 0.3 is 0 Å². The van der Waals surface area contributed by atoms with Gasteiger partial charge in [0.2, 0.25) is 10.0 Å². The Kier molecular flexibility index (Phi) is 7.64. The van der Waals surface area contributed by atoms with Gasteiger partial charge in [0.25, 0.3) is 5.91 Å². The fraction of sp³-hybridized carbons (Fsp3) is 0.611. The van der Waals surface area contributed by atoms with Crippen molar-refractivity contribution in [1.82, 2.24) is 14.5 Å². The summed E-state index contributed by atoms with van der Waals surface area (Å²) in [6.45, 7) is 4.62. The first-order valence-corrected chi connectivity index (χ1v) is 10.5. The Hall–Kier alpha value is -1.19. The number of amides is 1. The average Bonchev–Trinajstić information content (AvgIpc) is 2.68. The number of carbonyl (C=O) groups is 1. The molecule has 0 radical (unpaired) electrons. The number of nitrogens with one attached hydrogen (secondary N) is 1. The standard InChI is InChI=1S/C18H27N3O4S.ClH/c1-14-3-4-15(18(22)20-7-5-16(19-2)6-8-20)13-17(14)26(23,24)21-9-11-25-12-10-21;/h3-4,13,16,19H,5-12H2,1-2H3;1H. The van der Waals surface area contributed by atoms with Crippen LogP contribution in [-0.2, 0) is 14.8 Å². The number of aryl methyl sites for hydroxylation is 1. The molecular weight excluding hydrogens is 390 g/mol. The minimum atomic E-state index is -3.62. The Morgan fingerprint density at radius 1 is 1.15 bits per heavy atom. The Balaban J connectivity index is 0.00000261. The van der Waals surface area contributed by atoms with E-state index in [2.05, 4.69) is 5.32 Å². The Labute approximate surface area is 167 Å². The number of nitrogens with zero attached hydrogens (tertiary/aromatic N) is 2. The summed E-state index contributed by atoms with van der Waals surface area (Å²) in [7, 11) is -1.68. The van der Waals surface area contributed by atoms with Crippen LogP contribution in [0, 0.1) is 6.92 Å². The molecule has 1 N–H and O–H groups in total. The van der Waals surface area contributed by atoms with E-state index < -0.39 is 10.0 Å². The first kappa shape index (κ1) is 22.1. The number of halogens is 1. The molecular formula is C18H28ClN3O4S. The van der Waals surface area contributed by atoms with Gasteiger partial charge in [0.1, 0.15) is 0 Å². The highest BCUT2D eigenvalue weighted by atomic mass is 35.5. The zero-order valence-corrected chi connectivity index (χ0v) is 17.4. The van der Waals surface area contributed by atoms with Crippen molar-refractivity contribution in [2.24, 2.45) is 0 Å². The smallest absolute Gasteiger partial charge is 0.253 e. The summed E-state index contributed by atoms with van der Waals surface area (Å²) < 4.78 is 32.6. The lowest BCUT2D eigenvalue weighted by Gasteiger charge is -2.32. The fourth-order valence-corrected chi connectivity index (χ4v) is 5.15. The summed E-state index contributed by atoms with van der Waals surface area (Å²) in [5.74, 6) is -0.0991. The minimum absolute atomic E-state index is 0. The molecule has 1 aromatic carbocycles. The van der Waals surface area contributed by atoms with E-state index in [0.29, 0.717) is 56.6 Å². The van der Waals surface area contributed by atoms with Crippen LogP contribution in [-0.4, -0.2) is 76.0 Å². The van der Waals surface area contributed by atoms with Crippen molar-refractivity contribution >= 4 is 28.3 Å². The minimum Gasteiger partial charge on any atom is -0.379 e. The Bertz CT molecular complexity index is 758. The number of sulfonamides is 1. The average molecular weight is 418 g/mol. The van der Waals surface area contributed by atoms with Crippen LogP contribution in [0.3, 0.4) is 0 Å². The van der Waals surface area contributed by atoms with Crippen LogP contribution in [0.25, 0.3) is 0 Å². The van der Waals surface area contributed by atoms with E-state index in [0.717, 1.165) is 12.8 Å². The molecule has 0 aliphatic carbocycles. The second-order valence-electron chi connectivity index (χ2n) is 6.85. The first-order valence-electron chi connectivity index (χ1n) is 9.08. The van der Waals surface area contributed by atoms with Gasteiger partial charge in [-0.1, -0.05) is 6.07 Å². The van der Waals surface area contributed by atoms with E-state index in [1.54, 1.807) is 19.1 Å². The fourth-order valence-electron chi connectivity index (χ4n) is 3.49. The highest BCUT2D eigenvalue weighted by Gasteiger charge is 2.29. The van der Waals surface area contributed by atoms with Gasteiger partial charge in [-0.05, 0) is 44.5 Å². The molecule has 0 bridgehead atoms. The zero-order chi connectivity index (χ0) is 18.7. The number of hydrogen-bond acceptors (Lipinski definition) is 5. The summed E-state index contributed by atoms with van der Waals surface area (Å²) in [6.07, 6.45) is 1.82. The summed E-state index contributed by atoms with van der Waals surface area (Å²) in [4.78, 5) is 14.9. The molecule has 0 spiro atoms. The Morgan fingerprint density at radius 3 is 2.37 bits per heavy atom. The molecule has 2 saturated heterocycles. The van der Waals surface area contributed by atoms with Crippen LogP contribution in [0.1, 0.15) is 28.8 Å². The van der Waals surface area contributed by atoms with Crippen LogP contribution in [0.2, 0.25) is 0 Å². The van der Waals surface area contributed by atoms with Crippen molar-refractivity contribution in [1.29, 1.82) is 0 Å². The Morgan fingerprint density at radius 2 is 1.78 bits per heavy atom. The van der Waals surface area contributed by atoms with Crippen LogP contribution in [0.4, 0.5) is 0 Å². The van der Waals surface area contributed by atoms with Gasteiger partial charge in [0.15, 0.2) is 0 Å². The summed E-state index contributed by atoms with van der Waals surface area (Å²) in [6, 6.07) is 5.42. The number of rotatable bonds is 4. The van der Waals surface area contributed by atoms with Gasteiger partial charge < -0.3 is 15.0 Å². The quantitative estimate of drug-likeness (QED) is 0.797. The van der Waals surface area contributed by atoms with Crippen molar-refractivity contribution in [2.75, 3.05) is 46.4 Å². The molecule has 2 aliphatic heterocycles. The largest absolute Gasteiger partial charge is 0.379 e. The van der Waals surface area contributed by atoms with Gasteiger partial charge in [0.05, 0.1) is 18.1 Å². The maximum Gasteiger partial charge on any atom is 0.253 e. The predicted molar refractivity (Wildman–Crippen MR) is 106 cm³/mol. The molecule has 0 aromatic heterocycles. The summed E-state index contributed by atoms with van der Waals surface area (Å²) in [5.41, 5.74) is 1.09. The van der Waals surface area contributed by atoms with Gasteiger partial charge in [-0.3, -0.25) is 4.79 Å². The first-order chi connectivity index (χ1) is 12.4. The van der Waals surface area contributed by atoms with Crippen molar-refractivity contribution < 1.29 is 17.9 Å². The number of piperidine rings is 1. The third-order valence-electron chi connectivity index (χ3n) is 5.21. The third kappa shape index (κ3) is 4.81. The topological polar surface area (TPSA) is 79.0 Å². The number of ether oxygens (including phenoxy) is 1. The molecule has 3 rings (SSSR count). The van der Waals surface area contributed by atoms with E-state index in [-0.39, 0.29) is 23.2 Å². The van der Waals surface area contributed by atoms with Crippen molar-refractivity contribution in [3.8, 4) is 0 Å². The number of hydrogen-bond donors (Lipinski definition) is 1. The van der Waals surface area contributed by atoms with Crippen molar-refractivity contribution in [3.05, 3.63) is 29.3 Å². The lowest BCUT2D eigenvalue weighted by atomic mass is 10.0. The monoisotopic (exact) mass is 417 g/mol. The van der Waals surface area contributed by atoms with Crippen LogP contribution >= 0.6 is 12.4 Å². The molecule has 27 heavy (non-hydrogen) atoms. The number of likely N-dealkylation sites (tertiary alicyclic amines) is 1. The van der Waals surface area contributed by atoms with E-state index in [9.17, 15) is 13.2 Å².